The highest BCUT2D eigenvalue weighted by molar-refractivity contribution is 5.97. The van der Waals surface area contributed by atoms with Crippen molar-refractivity contribution >= 4 is 23.5 Å². The van der Waals surface area contributed by atoms with Crippen molar-refractivity contribution < 1.29 is 23.5 Å². The molecule has 0 radical (unpaired) electrons. The Morgan fingerprint density at radius 1 is 1.00 bits per heavy atom. The number of benzene rings is 2. The van der Waals surface area contributed by atoms with Crippen LogP contribution in [0.1, 0.15) is 34.0 Å². The standard InChI is InChI=1S/C21H23FN2O4/c1-12-5-7-16(9-14(12)3)21(27)23-11-19(25)28-15(4)20(26)24-17-8-6-13(2)18(22)10-17/h5-10,15H,11H2,1-4H3,(H,23,27)(H,24,26)/t15-/m0/s1. The van der Waals surface area contributed by atoms with Crippen molar-refractivity contribution in [2.75, 3.05) is 11.9 Å². The fraction of sp³-hybridized carbons (Fsp3) is 0.286. The number of amides is 2. The third-order valence-corrected chi connectivity index (χ3v) is 4.28. The Balaban J connectivity index is 1.84. The summed E-state index contributed by atoms with van der Waals surface area (Å²) in [6.07, 6.45) is -1.10. The average Bonchev–Trinajstić information content (AvgIpc) is 2.64. The summed E-state index contributed by atoms with van der Waals surface area (Å²) in [4.78, 5) is 36.1. The van der Waals surface area contributed by atoms with Gasteiger partial charge in [-0.3, -0.25) is 14.4 Å². The van der Waals surface area contributed by atoms with Crippen molar-refractivity contribution in [3.63, 3.8) is 0 Å². The molecule has 2 aromatic carbocycles. The van der Waals surface area contributed by atoms with Gasteiger partial charge in [-0.25, -0.2) is 4.39 Å². The van der Waals surface area contributed by atoms with E-state index in [1.807, 2.05) is 19.9 Å². The van der Waals surface area contributed by atoms with E-state index in [4.69, 9.17) is 4.74 Å². The monoisotopic (exact) mass is 386 g/mol. The first-order chi connectivity index (χ1) is 13.2. The molecule has 2 aromatic rings. The van der Waals surface area contributed by atoms with Gasteiger partial charge in [0.15, 0.2) is 6.10 Å². The molecule has 0 saturated carbocycles. The summed E-state index contributed by atoms with van der Waals surface area (Å²) < 4.78 is 18.5. The van der Waals surface area contributed by atoms with E-state index in [-0.39, 0.29) is 12.2 Å². The molecule has 148 valence electrons. The fourth-order valence-electron chi connectivity index (χ4n) is 2.34. The number of esters is 1. The molecule has 0 aliphatic rings. The predicted molar refractivity (Wildman–Crippen MR) is 104 cm³/mol. The van der Waals surface area contributed by atoms with Crippen molar-refractivity contribution in [2.45, 2.75) is 33.8 Å². The number of rotatable bonds is 6. The van der Waals surface area contributed by atoms with E-state index in [0.717, 1.165) is 11.1 Å². The maximum absolute atomic E-state index is 13.5. The summed E-state index contributed by atoms with van der Waals surface area (Å²) in [5, 5.41) is 4.93. The van der Waals surface area contributed by atoms with E-state index < -0.39 is 29.7 Å². The Hall–Kier alpha value is -3.22. The van der Waals surface area contributed by atoms with Gasteiger partial charge in [0.2, 0.25) is 0 Å². The fourth-order valence-corrected chi connectivity index (χ4v) is 2.34. The predicted octanol–water partition coefficient (Wildman–Crippen LogP) is 3.05. The highest BCUT2D eigenvalue weighted by atomic mass is 19.1. The van der Waals surface area contributed by atoms with Crippen LogP contribution in [-0.2, 0) is 14.3 Å². The maximum Gasteiger partial charge on any atom is 0.326 e. The van der Waals surface area contributed by atoms with Crippen molar-refractivity contribution in [1.82, 2.24) is 5.32 Å². The zero-order valence-electron chi connectivity index (χ0n) is 16.3. The van der Waals surface area contributed by atoms with Gasteiger partial charge in [0, 0.05) is 11.3 Å². The van der Waals surface area contributed by atoms with Crippen LogP contribution in [0, 0.1) is 26.6 Å². The van der Waals surface area contributed by atoms with Crippen molar-refractivity contribution in [3.05, 3.63) is 64.5 Å². The minimum atomic E-state index is -1.10. The minimum absolute atomic E-state index is 0.263. The van der Waals surface area contributed by atoms with Gasteiger partial charge in [-0.1, -0.05) is 12.1 Å². The molecule has 2 N–H and O–H groups in total. The van der Waals surface area contributed by atoms with Crippen LogP contribution in [0.5, 0.6) is 0 Å². The molecule has 0 bridgehead atoms. The quantitative estimate of drug-likeness (QED) is 0.748. The number of ether oxygens (including phenoxy) is 1. The topological polar surface area (TPSA) is 84.5 Å². The molecule has 2 amide bonds. The van der Waals surface area contributed by atoms with E-state index in [1.54, 1.807) is 25.1 Å². The molecule has 0 aliphatic carbocycles. The lowest BCUT2D eigenvalue weighted by molar-refractivity contribution is -0.152. The summed E-state index contributed by atoms with van der Waals surface area (Å²) >= 11 is 0. The normalized spacial score (nSPS) is 11.5. The van der Waals surface area contributed by atoms with Crippen LogP contribution in [-0.4, -0.2) is 30.4 Å². The molecule has 6 nitrogen and oxygen atoms in total. The highest BCUT2D eigenvalue weighted by Gasteiger charge is 2.19. The van der Waals surface area contributed by atoms with E-state index in [2.05, 4.69) is 10.6 Å². The Labute approximate surface area is 163 Å². The minimum Gasteiger partial charge on any atom is -0.451 e. The number of hydrogen-bond acceptors (Lipinski definition) is 4. The Morgan fingerprint density at radius 2 is 1.68 bits per heavy atom. The first-order valence-electron chi connectivity index (χ1n) is 8.79. The second-order valence-corrected chi connectivity index (χ2v) is 6.57. The van der Waals surface area contributed by atoms with Gasteiger partial charge in [0.1, 0.15) is 12.4 Å². The number of anilines is 1. The first kappa shape index (κ1) is 21.1. The van der Waals surface area contributed by atoms with Gasteiger partial charge < -0.3 is 15.4 Å². The number of hydrogen-bond donors (Lipinski definition) is 2. The molecule has 0 unspecified atom stereocenters. The van der Waals surface area contributed by atoms with Crippen molar-refractivity contribution in [1.29, 1.82) is 0 Å². The first-order valence-corrected chi connectivity index (χ1v) is 8.79. The number of aryl methyl sites for hydroxylation is 3. The van der Waals surface area contributed by atoms with Crippen LogP contribution in [0.2, 0.25) is 0 Å². The molecule has 0 heterocycles. The zero-order valence-corrected chi connectivity index (χ0v) is 16.3. The SMILES string of the molecule is Cc1ccc(C(=O)NCC(=O)O[C@@H](C)C(=O)Nc2ccc(C)c(F)c2)cc1C. The van der Waals surface area contributed by atoms with Crippen LogP contribution in [0.25, 0.3) is 0 Å². The summed E-state index contributed by atoms with van der Waals surface area (Å²) in [7, 11) is 0. The van der Waals surface area contributed by atoms with Gasteiger partial charge in [-0.05, 0) is 68.7 Å². The van der Waals surface area contributed by atoms with Crippen LogP contribution >= 0.6 is 0 Å². The molecule has 0 spiro atoms. The summed E-state index contributed by atoms with van der Waals surface area (Å²) in [6.45, 7) is 6.45. The largest absolute Gasteiger partial charge is 0.451 e. The van der Waals surface area contributed by atoms with Gasteiger partial charge in [-0.2, -0.15) is 0 Å². The molecular weight excluding hydrogens is 363 g/mol. The van der Waals surface area contributed by atoms with Crippen molar-refractivity contribution in [2.24, 2.45) is 0 Å². The smallest absolute Gasteiger partial charge is 0.326 e. The molecule has 7 heteroatoms. The van der Waals surface area contributed by atoms with E-state index in [0.29, 0.717) is 11.1 Å². The number of carbonyl (C=O) groups excluding carboxylic acids is 3. The van der Waals surface area contributed by atoms with Crippen LogP contribution < -0.4 is 10.6 Å². The molecule has 2 rings (SSSR count). The molecule has 1 atom stereocenters. The number of halogens is 1. The second kappa shape index (κ2) is 9.12. The number of carbonyl (C=O) groups is 3. The van der Waals surface area contributed by atoms with Gasteiger partial charge in [0.05, 0.1) is 0 Å². The van der Waals surface area contributed by atoms with Gasteiger partial charge >= 0.3 is 5.97 Å². The van der Waals surface area contributed by atoms with E-state index >= 15 is 0 Å². The Kier molecular flexibility index (Phi) is 6.87. The summed E-state index contributed by atoms with van der Waals surface area (Å²) in [6, 6.07) is 9.49. The molecule has 0 aromatic heterocycles. The Morgan fingerprint density at radius 3 is 2.32 bits per heavy atom. The van der Waals surface area contributed by atoms with Gasteiger partial charge in [0.25, 0.3) is 11.8 Å². The number of nitrogens with one attached hydrogen (secondary N) is 2. The Bertz CT molecular complexity index is 911. The van der Waals surface area contributed by atoms with Crippen LogP contribution in [0.4, 0.5) is 10.1 Å². The third-order valence-electron chi connectivity index (χ3n) is 4.28. The molecule has 0 saturated heterocycles. The summed E-state index contributed by atoms with van der Waals surface area (Å²) in [5.41, 5.74) is 3.18. The lowest BCUT2D eigenvalue weighted by Gasteiger charge is -2.14. The van der Waals surface area contributed by atoms with Gasteiger partial charge in [-0.15, -0.1) is 0 Å². The lowest BCUT2D eigenvalue weighted by Crippen LogP contribution is -2.35. The van der Waals surface area contributed by atoms with Crippen LogP contribution in [0.3, 0.4) is 0 Å². The zero-order chi connectivity index (χ0) is 20.8. The third kappa shape index (κ3) is 5.64. The molecular formula is C21H23FN2O4. The van der Waals surface area contributed by atoms with Crippen LogP contribution in [0.15, 0.2) is 36.4 Å². The molecule has 0 aliphatic heterocycles. The summed E-state index contributed by atoms with van der Waals surface area (Å²) in [5.74, 6) is -2.21. The van der Waals surface area contributed by atoms with E-state index in [1.165, 1.54) is 19.1 Å². The lowest BCUT2D eigenvalue weighted by atomic mass is 10.1. The van der Waals surface area contributed by atoms with E-state index in [9.17, 15) is 18.8 Å². The highest BCUT2D eigenvalue weighted by Crippen LogP contribution is 2.14. The van der Waals surface area contributed by atoms with Crippen molar-refractivity contribution in [3.8, 4) is 0 Å². The average molecular weight is 386 g/mol. The second-order valence-electron chi connectivity index (χ2n) is 6.57. The molecule has 28 heavy (non-hydrogen) atoms. The molecule has 0 fully saturated rings. The maximum atomic E-state index is 13.5.